The quantitative estimate of drug-likeness (QED) is 0.173. The minimum absolute atomic E-state index is 0.480. The van der Waals surface area contributed by atoms with Crippen molar-refractivity contribution in [3.63, 3.8) is 0 Å². The molecule has 0 saturated heterocycles. The predicted octanol–water partition coefficient (Wildman–Crippen LogP) is 12.2. The van der Waals surface area contributed by atoms with Crippen LogP contribution in [0.5, 0.6) is 0 Å². The molecular weight excluding hydrogens is 605 g/mol. The fraction of sp³-hybridized carbons (Fsp3) is 0.0208. The van der Waals surface area contributed by atoms with Gasteiger partial charge in [-0.3, -0.25) is 4.98 Å². The Morgan fingerprint density at radius 2 is 0.860 bits per heavy atom. The van der Waals surface area contributed by atoms with Crippen LogP contribution >= 0.6 is 0 Å². The Morgan fingerprint density at radius 1 is 0.340 bits per heavy atom. The third-order valence-corrected chi connectivity index (χ3v) is 10.1. The molecular formula is C48H34N2. The summed E-state index contributed by atoms with van der Waals surface area (Å²) in [5.41, 5.74) is 15.1. The van der Waals surface area contributed by atoms with Crippen LogP contribution in [0, 0.1) is 0 Å². The molecule has 2 nitrogen and oxygen atoms in total. The van der Waals surface area contributed by atoms with Gasteiger partial charge in [0.05, 0.1) is 5.41 Å². The maximum absolute atomic E-state index is 4.26. The van der Waals surface area contributed by atoms with E-state index in [4.69, 9.17) is 0 Å². The monoisotopic (exact) mass is 638 g/mol. The second-order valence-corrected chi connectivity index (χ2v) is 12.8. The Balaban J connectivity index is 1.28. The molecule has 1 aliphatic carbocycles. The molecule has 0 aliphatic heterocycles. The van der Waals surface area contributed by atoms with Crippen LogP contribution in [0.4, 0.5) is 17.1 Å². The van der Waals surface area contributed by atoms with Gasteiger partial charge in [0.15, 0.2) is 0 Å². The topological polar surface area (TPSA) is 16.1 Å². The van der Waals surface area contributed by atoms with E-state index in [0.29, 0.717) is 0 Å². The van der Waals surface area contributed by atoms with E-state index in [1.54, 1.807) is 0 Å². The van der Waals surface area contributed by atoms with Crippen LogP contribution in [0.2, 0.25) is 0 Å². The van der Waals surface area contributed by atoms with E-state index in [0.717, 1.165) is 28.2 Å². The van der Waals surface area contributed by atoms with Crippen LogP contribution < -0.4 is 4.90 Å². The molecule has 0 saturated carbocycles. The molecule has 0 N–H and O–H groups in total. The van der Waals surface area contributed by atoms with Crippen LogP contribution in [0.15, 0.2) is 207 Å². The van der Waals surface area contributed by atoms with Crippen molar-refractivity contribution < 1.29 is 0 Å². The number of anilines is 3. The summed E-state index contributed by atoms with van der Waals surface area (Å²) in [6.45, 7) is 0. The molecule has 0 atom stereocenters. The lowest BCUT2D eigenvalue weighted by molar-refractivity contribution is 0.768. The number of hydrogen-bond acceptors (Lipinski definition) is 2. The lowest BCUT2D eigenvalue weighted by Crippen LogP contribution is -2.28. The zero-order valence-corrected chi connectivity index (χ0v) is 27.5. The minimum Gasteiger partial charge on any atom is -0.310 e. The first-order valence-corrected chi connectivity index (χ1v) is 17.1. The highest BCUT2D eigenvalue weighted by Gasteiger charge is 2.46. The van der Waals surface area contributed by atoms with Gasteiger partial charge in [-0.2, -0.15) is 0 Å². The normalized spacial score (nSPS) is 12.6. The van der Waals surface area contributed by atoms with E-state index < -0.39 is 5.41 Å². The van der Waals surface area contributed by atoms with Gasteiger partial charge in [-0.1, -0.05) is 146 Å². The van der Waals surface area contributed by atoms with Gasteiger partial charge in [-0.05, 0) is 104 Å². The van der Waals surface area contributed by atoms with Gasteiger partial charge in [0.25, 0.3) is 0 Å². The van der Waals surface area contributed by atoms with Crippen molar-refractivity contribution in [3.05, 3.63) is 229 Å². The average Bonchev–Trinajstić information content (AvgIpc) is 3.50. The Hall–Kier alpha value is -6.51. The molecule has 0 unspecified atom stereocenters. The lowest BCUT2D eigenvalue weighted by Gasteiger charge is -2.35. The molecule has 0 amide bonds. The number of aromatic nitrogens is 1. The van der Waals surface area contributed by atoms with E-state index in [-0.39, 0.29) is 0 Å². The minimum atomic E-state index is -0.480. The molecule has 2 heteroatoms. The van der Waals surface area contributed by atoms with Crippen LogP contribution in [-0.2, 0) is 5.41 Å². The van der Waals surface area contributed by atoms with Crippen LogP contribution in [-0.4, -0.2) is 4.98 Å². The summed E-state index contributed by atoms with van der Waals surface area (Å²) in [5, 5.41) is 0. The van der Waals surface area contributed by atoms with Crippen molar-refractivity contribution >= 4 is 17.1 Å². The van der Waals surface area contributed by atoms with Crippen LogP contribution in [0.25, 0.3) is 33.4 Å². The summed E-state index contributed by atoms with van der Waals surface area (Å²) in [7, 11) is 0. The van der Waals surface area contributed by atoms with Gasteiger partial charge in [-0.25, -0.2) is 0 Å². The van der Waals surface area contributed by atoms with Gasteiger partial charge >= 0.3 is 0 Å². The molecule has 236 valence electrons. The number of pyridine rings is 1. The zero-order chi connectivity index (χ0) is 33.3. The molecule has 1 aromatic heterocycles. The summed E-state index contributed by atoms with van der Waals surface area (Å²) < 4.78 is 0. The highest BCUT2D eigenvalue weighted by molar-refractivity contribution is 5.90. The first-order valence-electron chi connectivity index (χ1n) is 17.1. The maximum Gasteiger partial charge on any atom is 0.0714 e. The van der Waals surface area contributed by atoms with Gasteiger partial charge in [-0.15, -0.1) is 0 Å². The molecule has 1 aliphatic rings. The second-order valence-electron chi connectivity index (χ2n) is 12.8. The van der Waals surface area contributed by atoms with Crippen molar-refractivity contribution in [1.82, 2.24) is 4.98 Å². The smallest absolute Gasteiger partial charge is 0.0714 e. The first-order chi connectivity index (χ1) is 24.8. The maximum atomic E-state index is 4.26. The molecule has 9 rings (SSSR count). The lowest BCUT2D eigenvalue weighted by atomic mass is 9.67. The molecule has 7 aromatic carbocycles. The van der Waals surface area contributed by atoms with Crippen molar-refractivity contribution in [1.29, 1.82) is 0 Å². The summed E-state index contributed by atoms with van der Waals surface area (Å²) in [5.74, 6) is 0. The van der Waals surface area contributed by atoms with Crippen LogP contribution in [0.1, 0.15) is 22.3 Å². The van der Waals surface area contributed by atoms with Gasteiger partial charge in [0.1, 0.15) is 0 Å². The van der Waals surface area contributed by atoms with E-state index in [1.807, 2.05) is 12.4 Å². The number of fused-ring (bicyclic) bond motifs is 3. The standard InChI is InChI=1S/C48H34N2/c1-4-13-35(14-5-1)36-23-25-41(26-24-36)50(42-20-12-15-38(33-42)37-29-31-49-32-30-37)43-27-28-45-44-21-10-11-22-46(44)48(47(45)34-43,39-16-6-2-7-17-39)40-18-8-3-9-19-40/h1-34H. The van der Waals surface area contributed by atoms with Crippen LogP contribution in [0.3, 0.4) is 0 Å². The van der Waals surface area contributed by atoms with E-state index in [2.05, 4.69) is 204 Å². The fourth-order valence-electron chi connectivity index (χ4n) is 7.82. The second kappa shape index (κ2) is 12.5. The van der Waals surface area contributed by atoms with Crippen molar-refractivity contribution in [2.75, 3.05) is 4.90 Å². The third kappa shape index (κ3) is 4.93. The molecule has 0 bridgehead atoms. The molecule has 50 heavy (non-hydrogen) atoms. The molecule has 0 spiro atoms. The van der Waals surface area contributed by atoms with Crippen molar-refractivity contribution in [2.45, 2.75) is 5.41 Å². The SMILES string of the molecule is c1ccc(-c2ccc(N(c3cccc(-c4ccncc4)c3)c3ccc4c(c3)C(c3ccccc3)(c3ccccc3)c3ccccc3-4)cc2)cc1. The Labute approximate surface area is 293 Å². The summed E-state index contributed by atoms with van der Waals surface area (Å²) in [6, 6.07) is 70.4. The van der Waals surface area contributed by atoms with Gasteiger partial charge in [0, 0.05) is 29.5 Å². The number of benzene rings is 7. The van der Waals surface area contributed by atoms with E-state index >= 15 is 0 Å². The summed E-state index contributed by atoms with van der Waals surface area (Å²) in [6.07, 6.45) is 3.71. The third-order valence-electron chi connectivity index (χ3n) is 10.1. The highest BCUT2D eigenvalue weighted by atomic mass is 15.1. The van der Waals surface area contributed by atoms with Crippen molar-refractivity contribution in [2.24, 2.45) is 0 Å². The zero-order valence-electron chi connectivity index (χ0n) is 27.5. The number of nitrogens with zero attached hydrogens (tertiary/aromatic N) is 2. The van der Waals surface area contributed by atoms with Crippen molar-refractivity contribution in [3.8, 4) is 33.4 Å². The fourth-order valence-corrected chi connectivity index (χ4v) is 7.82. The van der Waals surface area contributed by atoms with E-state index in [9.17, 15) is 0 Å². The molecule has 8 aromatic rings. The average molecular weight is 639 g/mol. The van der Waals surface area contributed by atoms with E-state index in [1.165, 1.54) is 44.5 Å². The molecule has 1 heterocycles. The van der Waals surface area contributed by atoms with Gasteiger partial charge < -0.3 is 4.90 Å². The number of rotatable bonds is 7. The first kappa shape index (κ1) is 29.6. The molecule has 0 fully saturated rings. The Kier molecular flexibility index (Phi) is 7.40. The Bertz CT molecular complexity index is 2360. The predicted molar refractivity (Wildman–Crippen MR) is 207 cm³/mol. The molecule has 0 radical (unpaired) electrons. The van der Waals surface area contributed by atoms with Gasteiger partial charge in [0.2, 0.25) is 0 Å². The number of hydrogen-bond donors (Lipinski definition) is 0. The Morgan fingerprint density at radius 3 is 1.56 bits per heavy atom. The highest BCUT2D eigenvalue weighted by Crippen LogP contribution is 2.57. The summed E-state index contributed by atoms with van der Waals surface area (Å²) in [4.78, 5) is 6.65. The largest absolute Gasteiger partial charge is 0.310 e. The summed E-state index contributed by atoms with van der Waals surface area (Å²) >= 11 is 0.